The highest BCUT2D eigenvalue weighted by Gasteiger charge is 2.20. The summed E-state index contributed by atoms with van der Waals surface area (Å²) in [6, 6.07) is 12.5. The third-order valence-electron chi connectivity index (χ3n) is 5.89. The number of ether oxygens (including phenoxy) is 3. The Kier molecular flexibility index (Phi) is 7.75. The van der Waals surface area contributed by atoms with E-state index >= 15 is 0 Å². The molecule has 0 radical (unpaired) electrons. The molecule has 0 bridgehead atoms. The first-order valence-electron chi connectivity index (χ1n) is 11.8. The number of fused-ring (bicyclic) bond motifs is 1. The van der Waals surface area contributed by atoms with Gasteiger partial charge in [0.25, 0.3) is 5.91 Å². The molecule has 8 heteroatoms. The van der Waals surface area contributed by atoms with Crippen LogP contribution in [-0.2, 0) is 6.42 Å². The van der Waals surface area contributed by atoms with Crippen LogP contribution in [0.25, 0.3) is 22.0 Å². The minimum Gasteiger partial charge on any atom is -0.493 e. The van der Waals surface area contributed by atoms with Crippen molar-refractivity contribution in [2.24, 2.45) is 0 Å². The van der Waals surface area contributed by atoms with Crippen LogP contribution >= 0.6 is 0 Å². The number of pyridine rings is 1. The summed E-state index contributed by atoms with van der Waals surface area (Å²) < 4.78 is 16.7. The van der Waals surface area contributed by atoms with Crippen LogP contribution in [0.2, 0.25) is 0 Å². The Bertz CT molecular complexity index is 1350. The Balaban J connectivity index is 1.63. The molecule has 0 spiro atoms. The monoisotopic (exact) mass is 489 g/mol. The molecule has 2 aromatic heterocycles. The number of aromatic amines is 1. The molecule has 4 aromatic rings. The number of nitrogens with one attached hydrogen (secondary N) is 2. The molecule has 0 fully saturated rings. The van der Waals surface area contributed by atoms with E-state index in [0.717, 1.165) is 27.6 Å². The number of rotatable bonds is 10. The maximum atomic E-state index is 13.5. The van der Waals surface area contributed by atoms with Gasteiger partial charge < -0.3 is 29.6 Å². The highest BCUT2D eigenvalue weighted by atomic mass is 16.5. The van der Waals surface area contributed by atoms with Crippen molar-refractivity contribution in [3.8, 4) is 28.4 Å². The van der Waals surface area contributed by atoms with E-state index in [2.05, 4.69) is 15.3 Å². The zero-order valence-electron chi connectivity index (χ0n) is 20.9. The standard InChI is InChI=1S/C28H31N3O5/c1-17(2)36-25-7-5-18(19-6-8-26(34-3)27(13-19)35-4)12-23(25)28(33)31-21(16-32)11-20-14-30-24-15-29-10-9-22(20)24/h5-10,12-15,17,21,30,32H,11,16H2,1-4H3,(H,31,33). The number of nitrogens with zero attached hydrogens (tertiary/aromatic N) is 1. The number of benzene rings is 2. The summed E-state index contributed by atoms with van der Waals surface area (Å²) in [7, 11) is 3.17. The van der Waals surface area contributed by atoms with Crippen LogP contribution in [0.1, 0.15) is 29.8 Å². The van der Waals surface area contributed by atoms with Crippen molar-refractivity contribution in [2.75, 3.05) is 20.8 Å². The summed E-state index contributed by atoms with van der Waals surface area (Å²) in [5, 5.41) is 14.0. The van der Waals surface area contributed by atoms with Gasteiger partial charge in [0.05, 0.1) is 50.2 Å². The molecule has 1 amide bonds. The van der Waals surface area contributed by atoms with Gasteiger partial charge in [-0.1, -0.05) is 12.1 Å². The molecule has 1 unspecified atom stereocenters. The summed E-state index contributed by atoms with van der Waals surface area (Å²) in [6.45, 7) is 3.61. The smallest absolute Gasteiger partial charge is 0.255 e. The molecule has 2 heterocycles. The van der Waals surface area contributed by atoms with Crippen molar-refractivity contribution < 1.29 is 24.1 Å². The van der Waals surface area contributed by atoms with E-state index in [0.29, 0.717) is 29.2 Å². The van der Waals surface area contributed by atoms with Crippen LogP contribution in [0.3, 0.4) is 0 Å². The van der Waals surface area contributed by atoms with Gasteiger partial charge in [-0.2, -0.15) is 0 Å². The second-order valence-corrected chi connectivity index (χ2v) is 8.74. The van der Waals surface area contributed by atoms with Gasteiger partial charge in [0.1, 0.15) is 5.75 Å². The fourth-order valence-corrected chi connectivity index (χ4v) is 4.15. The first kappa shape index (κ1) is 25.1. The SMILES string of the molecule is COc1ccc(-c2ccc(OC(C)C)c(C(=O)NC(CO)Cc3c[nH]c4cnccc34)c2)cc1OC. The lowest BCUT2D eigenvalue weighted by atomic mass is 10.0. The summed E-state index contributed by atoms with van der Waals surface area (Å²) in [6.07, 6.45) is 5.70. The molecule has 0 aliphatic heterocycles. The third-order valence-corrected chi connectivity index (χ3v) is 5.89. The Morgan fingerprint density at radius 3 is 2.44 bits per heavy atom. The van der Waals surface area contributed by atoms with Gasteiger partial charge in [0.2, 0.25) is 0 Å². The second kappa shape index (κ2) is 11.1. The molecule has 2 aromatic carbocycles. The van der Waals surface area contributed by atoms with Gasteiger partial charge >= 0.3 is 0 Å². The van der Waals surface area contributed by atoms with Gasteiger partial charge in [-0.3, -0.25) is 9.78 Å². The summed E-state index contributed by atoms with van der Waals surface area (Å²) in [4.78, 5) is 20.8. The number of aliphatic hydroxyl groups is 1. The Morgan fingerprint density at radius 1 is 1.03 bits per heavy atom. The zero-order valence-corrected chi connectivity index (χ0v) is 20.9. The van der Waals surface area contributed by atoms with E-state index in [4.69, 9.17) is 14.2 Å². The van der Waals surface area contributed by atoms with Crippen LogP contribution in [0, 0.1) is 0 Å². The minimum atomic E-state index is -0.485. The lowest BCUT2D eigenvalue weighted by Crippen LogP contribution is -2.39. The lowest BCUT2D eigenvalue weighted by molar-refractivity contribution is 0.0910. The van der Waals surface area contributed by atoms with Crippen molar-refractivity contribution >= 4 is 16.8 Å². The predicted molar refractivity (Wildman–Crippen MR) is 139 cm³/mol. The van der Waals surface area contributed by atoms with E-state index in [1.807, 2.05) is 50.4 Å². The largest absolute Gasteiger partial charge is 0.493 e. The first-order valence-corrected chi connectivity index (χ1v) is 11.8. The normalized spacial score (nSPS) is 11.9. The molecular weight excluding hydrogens is 458 g/mol. The predicted octanol–water partition coefficient (Wildman–Crippen LogP) is 4.37. The first-order chi connectivity index (χ1) is 17.4. The van der Waals surface area contributed by atoms with Crippen LogP contribution in [0.4, 0.5) is 0 Å². The van der Waals surface area contributed by atoms with Gasteiger partial charge in [-0.15, -0.1) is 0 Å². The summed E-state index contributed by atoms with van der Waals surface area (Å²) >= 11 is 0. The summed E-state index contributed by atoms with van der Waals surface area (Å²) in [5.41, 5.74) is 3.97. The highest BCUT2D eigenvalue weighted by Crippen LogP contribution is 2.34. The van der Waals surface area contributed by atoms with E-state index in [-0.39, 0.29) is 18.6 Å². The second-order valence-electron chi connectivity index (χ2n) is 8.74. The van der Waals surface area contributed by atoms with Crippen molar-refractivity contribution in [2.45, 2.75) is 32.4 Å². The molecule has 0 saturated carbocycles. The molecule has 3 N–H and O–H groups in total. The molecule has 36 heavy (non-hydrogen) atoms. The number of carbonyl (C=O) groups is 1. The number of carbonyl (C=O) groups excluding carboxylic acids is 1. The number of hydrogen-bond acceptors (Lipinski definition) is 6. The van der Waals surface area contributed by atoms with E-state index in [1.54, 1.807) is 38.7 Å². The Labute approximate surface area is 210 Å². The fraction of sp³-hybridized carbons (Fsp3) is 0.286. The number of methoxy groups -OCH3 is 2. The van der Waals surface area contributed by atoms with E-state index in [9.17, 15) is 9.90 Å². The van der Waals surface area contributed by atoms with Crippen LogP contribution in [0.5, 0.6) is 17.2 Å². The Morgan fingerprint density at radius 2 is 1.75 bits per heavy atom. The molecule has 0 aliphatic rings. The highest BCUT2D eigenvalue weighted by molar-refractivity contribution is 5.98. The lowest BCUT2D eigenvalue weighted by Gasteiger charge is -2.19. The van der Waals surface area contributed by atoms with Crippen molar-refractivity contribution in [1.82, 2.24) is 15.3 Å². The van der Waals surface area contributed by atoms with Gasteiger partial charge in [-0.05, 0) is 67.3 Å². The molecule has 8 nitrogen and oxygen atoms in total. The van der Waals surface area contributed by atoms with Crippen LogP contribution < -0.4 is 19.5 Å². The fourth-order valence-electron chi connectivity index (χ4n) is 4.15. The van der Waals surface area contributed by atoms with Crippen molar-refractivity contribution in [1.29, 1.82) is 0 Å². The molecule has 188 valence electrons. The van der Waals surface area contributed by atoms with Crippen molar-refractivity contribution in [3.05, 3.63) is 72.2 Å². The number of hydrogen-bond donors (Lipinski definition) is 3. The number of H-pyrrole nitrogens is 1. The number of aromatic nitrogens is 2. The molecular formula is C28H31N3O5. The van der Waals surface area contributed by atoms with Gasteiger partial charge in [0, 0.05) is 17.8 Å². The average Bonchev–Trinajstić information content (AvgIpc) is 3.30. The molecule has 1 atom stereocenters. The van der Waals surface area contributed by atoms with E-state index < -0.39 is 6.04 Å². The Hall–Kier alpha value is -4.04. The third kappa shape index (κ3) is 5.44. The quantitative estimate of drug-likeness (QED) is 0.306. The molecule has 0 saturated heterocycles. The number of aliphatic hydroxyl groups excluding tert-OH is 1. The van der Waals surface area contributed by atoms with Crippen molar-refractivity contribution in [3.63, 3.8) is 0 Å². The maximum Gasteiger partial charge on any atom is 0.255 e. The average molecular weight is 490 g/mol. The molecule has 0 aliphatic carbocycles. The topological polar surface area (TPSA) is 106 Å². The van der Waals surface area contributed by atoms with Gasteiger partial charge in [-0.25, -0.2) is 0 Å². The zero-order chi connectivity index (χ0) is 25.7. The van der Waals surface area contributed by atoms with Gasteiger partial charge in [0.15, 0.2) is 11.5 Å². The van der Waals surface area contributed by atoms with Crippen LogP contribution in [-0.4, -0.2) is 54.0 Å². The minimum absolute atomic E-state index is 0.114. The van der Waals surface area contributed by atoms with E-state index in [1.165, 1.54) is 0 Å². The maximum absolute atomic E-state index is 13.5. The van der Waals surface area contributed by atoms with Crippen LogP contribution in [0.15, 0.2) is 61.1 Å². The number of amides is 1. The molecule has 4 rings (SSSR count). The summed E-state index contributed by atoms with van der Waals surface area (Å²) in [5.74, 6) is 1.37.